The lowest BCUT2D eigenvalue weighted by molar-refractivity contribution is -0.134. The zero-order chi connectivity index (χ0) is 39.0. The average Bonchev–Trinajstić information content (AvgIpc) is 3.73. The zero-order valence-corrected chi connectivity index (χ0v) is 32.1. The van der Waals surface area contributed by atoms with Crippen LogP contribution in [0.5, 0.6) is 5.88 Å². The number of carbonyl (C=O) groups is 3. The van der Waals surface area contributed by atoms with E-state index in [-0.39, 0.29) is 36.1 Å². The number of piperidine rings is 1. The molecule has 7 heterocycles. The van der Waals surface area contributed by atoms with Gasteiger partial charge >= 0.3 is 0 Å². The molecule has 0 bridgehead atoms. The third-order valence-electron chi connectivity index (χ3n) is 12.1. The van der Waals surface area contributed by atoms with E-state index in [2.05, 4.69) is 59.7 Å². The molecule has 4 aromatic rings. The molecular weight excluding hydrogens is 728 g/mol. The topological polar surface area (TPSA) is 148 Å². The second kappa shape index (κ2) is 15.6. The third-order valence-corrected chi connectivity index (χ3v) is 12.1. The van der Waals surface area contributed by atoms with E-state index >= 15 is 4.39 Å². The molecule has 3 amide bonds. The number of aromatic nitrogens is 3. The molecule has 3 fully saturated rings. The number of likely N-dealkylation sites (tertiary alicyclic amines) is 1. The number of nitrogens with zero attached hydrogens (tertiary/aromatic N) is 7. The smallest absolute Gasteiger partial charge is 0.237 e. The fourth-order valence-corrected chi connectivity index (χ4v) is 8.81. The molecule has 2 unspecified atom stereocenters. The zero-order valence-electron chi connectivity index (χ0n) is 32.1. The van der Waals surface area contributed by atoms with Crippen LogP contribution in [-0.2, 0) is 33.8 Å². The van der Waals surface area contributed by atoms with Gasteiger partial charge in [-0.15, -0.1) is 0 Å². The molecule has 2 aromatic carbocycles. The van der Waals surface area contributed by atoms with E-state index in [9.17, 15) is 14.4 Å². The Morgan fingerprint density at radius 1 is 0.965 bits per heavy atom. The second-order valence-electron chi connectivity index (χ2n) is 15.6. The molecule has 3 saturated heterocycles. The number of pyridine rings is 1. The van der Waals surface area contributed by atoms with Gasteiger partial charge in [0.1, 0.15) is 18.1 Å². The predicted octanol–water partition coefficient (Wildman–Crippen LogP) is 3.92. The van der Waals surface area contributed by atoms with Crippen LogP contribution in [0.1, 0.15) is 53.1 Å². The Bertz CT molecular complexity index is 2190. The standard InChI is InChI=1S/C42H47FN10O4/c1-26-36(23-45-41-39(26)44-12-19-57-41)52-13-10-29-22-46-42(48-35(29)25-52)47-30-5-2-28(34(43)21-30)20-38(55)53-14-11-32(24-53)51-17-15-50(16-18-51)31-6-3-27(4-7-31)33-8-9-37(54)49-40(33)56/h2-7,21-23,32-33,44H,8-20,24-25H2,1H3,(H,46,47,48)(H,49,54,56). The van der Waals surface area contributed by atoms with Crippen molar-refractivity contribution in [2.24, 2.45) is 0 Å². The summed E-state index contributed by atoms with van der Waals surface area (Å²) in [6.45, 7) is 9.64. The van der Waals surface area contributed by atoms with Crippen molar-refractivity contribution in [2.75, 3.05) is 79.4 Å². The number of piperazine rings is 1. The van der Waals surface area contributed by atoms with E-state index in [1.54, 1.807) is 12.1 Å². The number of hydrogen-bond donors (Lipinski definition) is 3. The number of carbonyl (C=O) groups excluding carboxylic acids is 3. The van der Waals surface area contributed by atoms with Crippen molar-refractivity contribution in [3.05, 3.63) is 88.6 Å². The van der Waals surface area contributed by atoms with E-state index in [0.717, 1.165) is 91.6 Å². The summed E-state index contributed by atoms with van der Waals surface area (Å²) in [5.41, 5.74) is 7.99. The number of halogens is 1. The highest BCUT2D eigenvalue weighted by Gasteiger charge is 2.33. The number of amides is 3. The minimum absolute atomic E-state index is 0.00518. The molecule has 0 spiro atoms. The van der Waals surface area contributed by atoms with Crippen molar-refractivity contribution >= 4 is 46.4 Å². The highest BCUT2D eigenvalue weighted by molar-refractivity contribution is 6.01. The molecule has 5 aliphatic heterocycles. The summed E-state index contributed by atoms with van der Waals surface area (Å²) >= 11 is 0. The number of imide groups is 1. The number of hydrogen-bond acceptors (Lipinski definition) is 12. The minimum atomic E-state index is -0.442. The highest BCUT2D eigenvalue weighted by atomic mass is 19.1. The lowest BCUT2D eigenvalue weighted by atomic mass is 9.90. The Kier molecular flexibility index (Phi) is 10.1. The number of rotatable bonds is 8. The van der Waals surface area contributed by atoms with Crippen LogP contribution < -0.4 is 30.5 Å². The highest BCUT2D eigenvalue weighted by Crippen LogP contribution is 2.36. The number of anilines is 5. The van der Waals surface area contributed by atoms with Gasteiger partial charge in [-0.2, -0.15) is 0 Å². The summed E-state index contributed by atoms with van der Waals surface area (Å²) < 4.78 is 21.1. The van der Waals surface area contributed by atoms with Crippen LogP contribution in [-0.4, -0.2) is 107 Å². The molecule has 14 nitrogen and oxygen atoms in total. The van der Waals surface area contributed by atoms with Gasteiger partial charge in [-0.25, -0.2) is 19.3 Å². The van der Waals surface area contributed by atoms with Gasteiger partial charge in [0.2, 0.25) is 29.5 Å². The average molecular weight is 775 g/mol. The van der Waals surface area contributed by atoms with Crippen LogP contribution in [0.25, 0.3) is 0 Å². The summed E-state index contributed by atoms with van der Waals surface area (Å²) in [4.78, 5) is 60.0. The first-order valence-electron chi connectivity index (χ1n) is 20.0. The Balaban J connectivity index is 0.758. The van der Waals surface area contributed by atoms with Gasteiger partial charge in [-0.1, -0.05) is 18.2 Å². The Labute approximate surface area is 330 Å². The quantitative estimate of drug-likeness (QED) is 0.223. The molecule has 5 aliphatic rings. The Morgan fingerprint density at radius 2 is 1.81 bits per heavy atom. The van der Waals surface area contributed by atoms with E-state index < -0.39 is 5.82 Å². The normalized spacial score (nSPS) is 21.0. The molecule has 3 N–H and O–H groups in total. The molecule has 0 radical (unpaired) electrons. The fraction of sp³-hybridized carbons (Fsp3) is 0.429. The molecule has 9 rings (SSSR count). The van der Waals surface area contributed by atoms with Crippen molar-refractivity contribution in [3.63, 3.8) is 0 Å². The molecule has 57 heavy (non-hydrogen) atoms. The van der Waals surface area contributed by atoms with Crippen LogP contribution in [0.4, 0.5) is 33.1 Å². The van der Waals surface area contributed by atoms with Crippen LogP contribution in [0.3, 0.4) is 0 Å². The summed E-state index contributed by atoms with van der Waals surface area (Å²) in [5.74, 6) is -0.192. The minimum Gasteiger partial charge on any atom is -0.474 e. The van der Waals surface area contributed by atoms with Gasteiger partial charge in [0, 0.05) is 88.0 Å². The second-order valence-corrected chi connectivity index (χ2v) is 15.6. The van der Waals surface area contributed by atoms with Crippen LogP contribution in [0.2, 0.25) is 0 Å². The molecule has 15 heteroatoms. The van der Waals surface area contributed by atoms with Crippen LogP contribution in [0.15, 0.2) is 54.9 Å². The lowest BCUT2D eigenvalue weighted by Crippen LogP contribution is -2.51. The maximum absolute atomic E-state index is 15.4. The van der Waals surface area contributed by atoms with E-state index in [0.29, 0.717) is 62.2 Å². The first kappa shape index (κ1) is 36.8. The first-order chi connectivity index (χ1) is 27.8. The third kappa shape index (κ3) is 7.67. The molecule has 0 aliphatic carbocycles. The number of benzene rings is 2. The van der Waals surface area contributed by atoms with Crippen molar-refractivity contribution in [1.29, 1.82) is 0 Å². The summed E-state index contributed by atoms with van der Waals surface area (Å²) in [5, 5.41) is 9.02. The molecule has 2 atom stereocenters. The summed E-state index contributed by atoms with van der Waals surface area (Å²) in [6.07, 6.45) is 6.31. The van der Waals surface area contributed by atoms with Gasteiger partial charge in [0.25, 0.3) is 0 Å². The largest absolute Gasteiger partial charge is 0.474 e. The molecular formula is C42H47FN10O4. The molecule has 296 valence electrons. The maximum Gasteiger partial charge on any atom is 0.237 e. The van der Waals surface area contributed by atoms with Crippen molar-refractivity contribution < 1.29 is 23.5 Å². The van der Waals surface area contributed by atoms with E-state index in [4.69, 9.17) is 9.72 Å². The number of ether oxygens (including phenoxy) is 1. The molecule has 2 aromatic heterocycles. The van der Waals surface area contributed by atoms with Gasteiger partial charge < -0.3 is 30.1 Å². The fourth-order valence-electron chi connectivity index (χ4n) is 8.81. The predicted molar refractivity (Wildman–Crippen MR) is 213 cm³/mol. The number of fused-ring (bicyclic) bond motifs is 2. The van der Waals surface area contributed by atoms with Crippen LogP contribution in [0, 0.1) is 12.7 Å². The lowest BCUT2D eigenvalue weighted by Gasteiger charge is -2.39. The van der Waals surface area contributed by atoms with Crippen molar-refractivity contribution in [2.45, 2.75) is 57.5 Å². The van der Waals surface area contributed by atoms with Crippen molar-refractivity contribution in [3.8, 4) is 5.88 Å². The number of nitrogens with one attached hydrogen (secondary N) is 3. The van der Waals surface area contributed by atoms with Gasteiger partial charge in [0.05, 0.1) is 36.5 Å². The SMILES string of the molecule is Cc1c(N2CCc3cnc(Nc4ccc(CC(=O)N5CCC(N6CCN(c7ccc(C8CCC(=O)NC8=O)cc7)CC6)C5)c(F)c4)nc3C2)cnc2c1NCCO2. The van der Waals surface area contributed by atoms with E-state index in [1.807, 2.05) is 29.4 Å². The monoisotopic (exact) mass is 774 g/mol. The first-order valence-corrected chi connectivity index (χ1v) is 20.0. The maximum atomic E-state index is 15.4. The molecule has 0 saturated carbocycles. The Hall–Kier alpha value is -5.83. The summed E-state index contributed by atoms with van der Waals surface area (Å²) in [7, 11) is 0. The van der Waals surface area contributed by atoms with E-state index in [1.165, 1.54) is 6.07 Å². The van der Waals surface area contributed by atoms with Gasteiger partial charge in [-0.05, 0) is 67.1 Å². The Morgan fingerprint density at radius 3 is 2.61 bits per heavy atom. The van der Waals surface area contributed by atoms with Crippen LogP contribution >= 0.6 is 0 Å². The summed E-state index contributed by atoms with van der Waals surface area (Å²) in [6, 6.07) is 13.2. The van der Waals surface area contributed by atoms with Gasteiger partial charge in [0.15, 0.2) is 0 Å². The van der Waals surface area contributed by atoms with Gasteiger partial charge in [-0.3, -0.25) is 24.6 Å². The van der Waals surface area contributed by atoms with Crippen molar-refractivity contribution in [1.82, 2.24) is 30.1 Å².